The van der Waals surface area contributed by atoms with E-state index in [2.05, 4.69) is 0 Å². The first-order chi connectivity index (χ1) is 10.0. The fourth-order valence-electron chi connectivity index (χ4n) is 1.78. The summed E-state index contributed by atoms with van der Waals surface area (Å²) < 4.78 is 5.23. The molecule has 2 aromatic rings. The molecule has 0 aliphatic heterocycles. The summed E-state index contributed by atoms with van der Waals surface area (Å²) >= 11 is 7.55. The Kier molecular flexibility index (Phi) is 4.93. The molecule has 2 aromatic carbocycles. The van der Waals surface area contributed by atoms with Crippen molar-refractivity contribution in [2.45, 2.75) is 10.6 Å². The lowest BCUT2D eigenvalue weighted by Gasteiger charge is -2.09. The Morgan fingerprint density at radius 3 is 2.76 bits per heavy atom. The van der Waals surface area contributed by atoms with Gasteiger partial charge in [-0.1, -0.05) is 11.6 Å². The first-order valence-electron chi connectivity index (χ1n) is 6.00. The Hall–Kier alpha value is -1.92. The number of hydrogen-bond donors (Lipinski definition) is 1. The van der Waals surface area contributed by atoms with Crippen LogP contribution < -0.4 is 10.5 Å². The molecule has 0 saturated carbocycles. The number of benzene rings is 2. The number of nitrogens with two attached hydrogens (primary N) is 1. The van der Waals surface area contributed by atoms with E-state index in [0.29, 0.717) is 22.2 Å². The van der Waals surface area contributed by atoms with Gasteiger partial charge in [-0.25, -0.2) is 0 Å². The Balaban J connectivity index is 2.24. The molecule has 0 fully saturated rings. The molecule has 0 radical (unpaired) electrons. The number of rotatable bonds is 5. The number of thioether (sulfide) groups is 1. The number of methoxy groups -OCH3 is 1. The minimum absolute atomic E-state index is 0.0325. The summed E-state index contributed by atoms with van der Waals surface area (Å²) in [5.74, 6) is 1.10. The van der Waals surface area contributed by atoms with Gasteiger partial charge in [0, 0.05) is 34.0 Å². The average Bonchev–Trinajstić information content (AvgIpc) is 2.47. The maximum atomic E-state index is 10.8. The summed E-state index contributed by atoms with van der Waals surface area (Å²) in [6.45, 7) is 0. The van der Waals surface area contributed by atoms with E-state index in [0.717, 1.165) is 10.5 Å². The lowest BCUT2D eigenvalue weighted by molar-refractivity contribution is -0.384. The molecule has 2 N–H and O–H groups in total. The maximum absolute atomic E-state index is 10.8. The predicted molar refractivity (Wildman–Crippen MR) is 85.1 cm³/mol. The molecule has 5 nitrogen and oxygen atoms in total. The van der Waals surface area contributed by atoms with E-state index < -0.39 is 4.92 Å². The van der Waals surface area contributed by atoms with Crippen molar-refractivity contribution in [2.75, 3.05) is 12.8 Å². The summed E-state index contributed by atoms with van der Waals surface area (Å²) in [5, 5.41) is 11.4. The van der Waals surface area contributed by atoms with Crippen molar-refractivity contribution in [3.8, 4) is 5.75 Å². The van der Waals surface area contributed by atoms with Crippen LogP contribution in [0.25, 0.3) is 0 Å². The van der Waals surface area contributed by atoms with Gasteiger partial charge in [-0.15, -0.1) is 11.8 Å². The number of nitrogens with zero attached hydrogens (tertiary/aromatic N) is 1. The third-order valence-electron chi connectivity index (χ3n) is 2.81. The topological polar surface area (TPSA) is 78.4 Å². The van der Waals surface area contributed by atoms with Crippen molar-refractivity contribution in [1.29, 1.82) is 0 Å². The van der Waals surface area contributed by atoms with Crippen LogP contribution in [-0.4, -0.2) is 12.0 Å². The summed E-state index contributed by atoms with van der Waals surface area (Å²) in [4.78, 5) is 11.2. The number of ether oxygens (including phenoxy) is 1. The van der Waals surface area contributed by atoms with Gasteiger partial charge in [-0.05, 0) is 24.3 Å². The third-order valence-corrected chi connectivity index (χ3v) is 4.36. The van der Waals surface area contributed by atoms with Gasteiger partial charge in [-0.3, -0.25) is 10.1 Å². The number of nitro benzene ring substituents is 1. The fraction of sp³-hybridized carbons (Fsp3) is 0.143. The van der Waals surface area contributed by atoms with E-state index in [1.54, 1.807) is 24.3 Å². The average molecular weight is 325 g/mol. The van der Waals surface area contributed by atoms with Crippen LogP contribution in [0.15, 0.2) is 41.3 Å². The number of non-ortho nitro benzene ring substituents is 1. The van der Waals surface area contributed by atoms with Crippen LogP contribution in [0.1, 0.15) is 5.56 Å². The smallest absolute Gasteiger partial charge is 0.270 e. The highest BCUT2D eigenvalue weighted by Crippen LogP contribution is 2.34. The van der Waals surface area contributed by atoms with Crippen LogP contribution in [0.2, 0.25) is 5.02 Å². The van der Waals surface area contributed by atoms with Crippen molar-refractivity contribution >= 4 is 34.7 Å². The van der Waals surface area contributed by atoms with Gasteiger partial charge in [0.15, 0.2) is 0 Å². The lowest BCUT2D eigenvalue weighted by Crippen LogP contribution is -1.94. The highest BCUT2D eigenvalue weighted by atomic mass is 35.5. The van der Waals surface area contributed by atoms with Crippen LogP contribution in [0.5, 0.6) is 5.75 Å². The zero-order chi connectivity index (χ0) is 15.4. The van der Waals surface area contributed by atoms with E-state index in [1.807, 2.05) is 0 Å². The third kappa shape index (κ3) is 3.80. The van der Waals surface area contributed by atoms with E-state index in [4.69, 9.17) is 22.1 Å². The minimum Gasteiger partial charge on any atom is -0.496 e. The largest absolute Gasteiger partial charge is 0.496 e. The second kappa shape index (κ2) is 6.69. The van der Waals surface area contributed by atoms with Gasteiger partial charge < -0.3 is 10.5 Å². The van der Waals surface area contributed by atoms with E-state index in [-0.39, 0.29) is 5.69 Å². The highest BCUT2D eigenvalue weighted by molar-refractivity contribution is 7.98. The number of anilines is 1. The Morgan fingerprint density at radius 2 is 2.10 bits per heavy atom. The molecule has 0 spiro atoms. The molecule has 0 atom stereocenters. The van der Waals surface area contributed by atoms with Crippen molar-refractivity contribution in [3.05, 3.63) is 57.1 Å². The van der Waals surface area contributed by atoms with Gasteiger partial charge in [0.1, 0.15) is 5.75 Å². The standard InChI is InChI=1S/C14H13ClN2O3S/c1-20-13-5-3-11(17(18)19)6-9(13)8-21-14-7-10(16)2-4-12(14)15/h2-7H,8,16H2,1H3. The second-order valence-electron chi connectivity index (χ2n) is 4.23. The first kappa shape index (κ1) is 15.5. The van der Waals surface area contributed by atoms with Gasteiger partial charge >= 0.3 is 0 Å². The Morgan fingerprint density at radius 1 is 1.33 bits per heavy atom. The van der Waals surface area contributed by atoms with Crippen molar-refractivity contribution in [1.82, 2.24) is 0 Å². The molecular formula is C14H13ClN2O3S. The predicted octanol–water partition coefficient (Wildman–Crippen LogP) is 4.13. The molecule has 0 aliphatic rings. The fourth-order valence-corrected chi connectivity index (χ4v) is 3.02. The molecular weight excluding hydrogens is 312 g/mol. The molecule has 0 aromatic heterocycles. The zero-order valence-electron chi connectivity index (χ0n) is 11.2. The van der Waals surface area contributed by atoms with Crippen LogP contribution in [0.3, 0.4) is 0 Å². The summed E-state index contributed by atoms with van der Waals surface area (Å²) in [7, 11) is 1.53. The van der Waals surface area contributed by atoms with Crippen LogP contribution >= 0.6 is 23.4 Å². The number of hydrogen-bond acceptors (Lipinski definition) is 5. The van der Waals surface area contributed by atoms with E-state index in [1.165, 1.54) is 31.0 Å². The molecule has 0 amide bonds. The molecule has 110 valence electrons. The van der Waals surface area contributed by atoms with Gasteiger partial charge in [0.2, 0.25) is 0 Å². The summed E-state index contributed by atoms with van der Waals surface area (Å²) in [5.41, 5.74) is 7.11. The van der Waals surface area contributed by atoms with Gasteiger partial charge in [-0.2, -0.15) is 0 Å². The quantitative estimate of drug-likeness (QED) is 0.387. The molecule has 2 rings (SSSR count). The summed E-state index contributed by atoms with van der Waals surface area (Å²) in [6, 6.07) is 9.74. The second-order valence-corrected chi connectivity index (χ2v) is 5.66. The minimum atomic E-state index is -0.429. The molecule has 0 heterocycles. The first-order valence-corrected chi connectivity index (χ1v) is 7.36. The van der Waals surface area contributed by atoms with Crippen molar-refractivity contribution in [3.63, 3.8) is 0 Å². The Bertz CT molecular complexity index is 679. The zero-order valence-corrected chi connectivity index (χ0v) is 12.8. The molecule has 0 bridgehead atoms. The van der Waals surface area contributed by atoms with E-state index in [9.17, 15) is 10.1 Å². The monoisotopic (exact) mass is 324 g/mol. The molecule has 0 unspecified atom stereocenters. The number of nitro groups is 1. The lowest BCUT2D eigenvalue weighted by atomic mass is 10.2. The maximum Gasteiger partial charge on any atom is 0.270 e. The van der Waals surface area contributed by atoms with Crippen molar-refractivity contribution in [2.24, 2.45) is 0 Å². The van der Waals surface area contributed by atoms with Crippen LogP contribution in [0, 0.1) is 10.1 Å². The van der Waals surface area contributed by atoms with Crippen LogP contribution in [0.4, 0.5) is 11.4 Å². The van der Waals surface area contributed by atoms with Crippen LogP contribution in [-0.2, 0) is 5.75 Å². The molecule has 21 heavy (non-hydrogen) atoms. The SMILES string of the molecule is COc1ccc([N+](=O)[O-])cc1CSc1cc(N)ccc1Cl. The van der Waals surface area contributed by atoms with E-state index >= 15 is 0 Å². The molecule has 0 aliphatic carbocycles. The normalized spacial score (nSPS) is 10.4. The highest BCUT2D eigenvalue weighted by Gasteiger charge is 2.12. The van der Waals surface area contributed by atoms with Gasteiger partial charge in [0.05, 0.1) is 17.1 Å². The number of nitrogen functional groups attached to an aromatic ring is 1. The Labute approximate surface area is 131 Å². The van der Waals surface area contributed by atoms with Gasteiger partial charge in [0.25, 0.3) is 5.69 Å². The summed E-state index contributed by atoms with van der Waals surface area (Å²) in [6.07, 6.45) is 0. The molecule has 0 saturated heterocycles. The molecule has 7 heteroatoms. The number of halogens is 1. The van der Waals surface area contributed by atoms with Crippen molar-refractivity contribution < 1.29 is 9.66 Å².